The molecule has 0 spiro atoms. The van der Waals surface area contributed by atoms with Crippen LogP contribution in [0.3, 0.4) is 0 Å². The predicted molar refractivity (Wildman–Crippen MR) is 76.0 cm³/mol. The van der Waals surface area contributed by atoms with Gasteiger partial charge in [0.1, 0.15) is 0 Å². The molecule has 0 atom stereocenters. The first-order chi connectivity index (χ1) is 7.54. The Hall–Kier alpha value is -0.490. The van der Waals surface area contributed by atoms with Crippen LogP contribution in [0, 0.1) is 0 Å². The molecule has 1 heteroatoms. The van der Waals surface area contributed by atoms with E-state index in [0.29, 0.717) is 0 Å². The van der Waals surface area contributed by atoms with Crippen LogP contribution in [-0.2, 0) is 15.7 Å². The van der Waals surface area contributed by atoms with E-state index < -0.39 is 0 Å². The fraction of sp³-hybridized carbons (Fsp3) is 0.625. The lowest BCUT2D eigenvalue weighted by atomic mass is 9.82. The minimum atomic E-state index is -0.280. The standard InChI is InChI=1S/C16H23Cl/c1-14(2)10-15(3,4)13-9-11(16(5,6)17)7-8-12(13)14/h7-9H,10H2,1-6H3. The summed E-state index contributed by atoms with van der Waals surface area (Å²) in [6.45, 7) is 13.5. The van der Waals surface area contributed by atoms with Gasteiger partial charge in [0.25, 0.3) is 0 Å². The molecular formula is C16H23Cl. The molecule has 0 radical (unpaired) electrons. The largest absolute Gasteiger partial charge is 0.115 e. The highest BCUT2D eigenvalue weighted by atomic mass is 35.5. The third-order valence-electron chi connectivity index (χ3n) is 4.05. The molecule has 0 saturated heterocycles. The van der Waals surface area contributed by atoms with Gasteiger partial charge in [-0.05, 0) is 47.8 Å². The van der Waals surface area contributed by atoms with Gasteiger partial charge < -0.3 is 0 Å². The summed E-state index contributed by atoms with van der Waals surface area (Å²) in [4.78, 5) is -0.280. The van der Waals surface area contributed by atoms with Gasteiger partial charge in [-0.3, -0.25) is 0 Å². The number of rotatable bonds is 1. The molecule has 17 heavy (non-hydrogen) atoms. The van der Waals surface area contributed by atoms with Crippen LogP contribution in [0.1, 0.15) is 64.7 Å². The van der Waals surface area contributed by atoms with E-state index in [1.54, 1.807) is 0 Å². The van der Waals surface area contributed by atoms with Gasteiger partial charge in [-0.1, -0.05) is 45.9 Å². The van der Waals surface area contributed by atoms with Gasteiger partial charge in [0.15, 0.2) is 0 Å². The fourth-order valence-corrected chi connectivity index (χ4v) is 3.48. The molecule has 0 aromatic heterocycles. The number of alkyl halides is 1. The van der Waals surface area contributed by atoms with Crippen LogP contribution >= 0.6 is 11.6 Å². The summed E-state index contributed by atoms with van der Waals surface area (Å²) in [6, 6.07) is 6.79. The Morgan fingerprint density at radius 3 is 2.06 bits per heavy atom. The van der Waals surface area contributed by atoms with Gasteiger partial charge in [-0.15, -0.1) is 11.6 Å². The van der Waals surface area contributed by atoms with Gasteiger partial charge in [-0.2, -0.15) is 0 Å². The minimum absolute atomic E-state index is 0.261. The average Bonchev–Trinajstić information content (AvgIpc) is 2.31. The van der Waals surface area contributed by atoms with Crippen molar-refractivity contribution in [2.75, 3.05) is 0 Å². The van der Waals surface area contributed by atoms with Crippen LogP contribution in [-0.4, -0.2) is 0 Å². The summed E-state index contributed by atoms with van der Waals surface area (Å²) in [5.74, 6) is 0. The van der Waals surface area contributed by atoms with Crippen molar-refractivity contribution in [2.24, 2.45) is 0 Å². The van der Waals surface area contributed by atoms with E-state index in [4.69, 9.17) is 11.6 Å². The van der Waals surface area contributed by atoms with Crippen LogP contribution in [0.15, 0.2) is 18.2 Å². The Morgan fingerprint density at radius 1 is 1.00 bits per heavy atom. The molecule has 1 aliphatic carbocycles. The molecule has 0 fully saturated rings. The molecule has 1 aromatic carbocycles. The minimum Gasteiger partial charge on any atom is -0.115 e. The first kappa shape index (κ1) is 13.0. The first-order valence-electron chi connectivity index (χ1n) is 6.38. The van der Waals surface area contributed by atoms with Gasteiger partial charge in [0.05, 0.1) is 4.87 Å². The van der Waals surface area contributed by atoms with Gasteiger partial charge >= 0.3 is 0 Å². The zero-order valence-electron chi connectivity index (χ0n) is 11.8. The summed E-state index contributed by atoms with van der Waals surface area (Å²) < 4.78 is 0. The van der Waals surface area contributed by atoms with Crippen molar-refractivity contribution in [3.8, 4) is 0 Å². The van der Waals surface area contributed by atoms with Crippen molar-refractivity contribution in [3.63, 3.8) is 0 Å². The quantitative estimate of drug-likeness (QED) is 0.607. The lowest BCUT2D eigenvalue weighted by molar-refractivity contribution is 0.403. The Kier molecular flexibility index (Phi) is 2.67. The number of halogens is 1. The molecule has 0 amide bonds. The summed E-state index contributed by atoms with van der Waals surface area (Å²) in [7, 11) is 0. The van der Waals surface area contributed by atoms with Crippen molar-refractivity contribution < 1.29 is 0 Å². The highest BCUT2D eigenvalue weighted by Gasteiger charge is 2.42. The second kappa shape index (κ2) is 3.51. The number of hydrogen-bond donors (Lipinski definition) is 0. The van der Waals surface area contributed by atoms with Crippen LogP contribution in [0.5, 0.6) is 0 Å². The Bertz CT molecular complexity index is 447. The van der Waals surface area contributed by atoms with E-state index in [1.807, 2.05) is 0 Å². The Balaban J connectivity index is 2.61. The van der Waals surface area contributed by atoms with Crippen molar-refractivity contribution in [2.45, 2.75) is 63.7 Å². The SMILES string of the molecule is CC(C)(Cl)c1ccc2c(c1)C(C)(C)CC2(C)C. The summed E-state index contributed by atoms with van der Waals surface area (Å²) in [5, 5.41) is 0. The predicted octanol–water partition coefficient (Wildman–Crippen LogP) is 5.12. The normalized spacial score (nSPS) is 21.4. The highest BCUT2D eigenvalue weighted by molar-refractivity contribution is 6.23. The molecule has 0 bridgehead atoms. The zero-order valence-corrected chi connectivity index (χ0v) is 12.6. The maximum absolute atomic E-state index is 6.42. The molecule has 0 N–H and O–H groups in total. The molecule has 1 aromatic rings. The molecule has 0 nitrogen and oxygen atoms in total. The number of hydrogen-bond acceptors (Lipinski definition) is 0. The molecular weight excluding hydrogens is 228 g/mol. The molecule has 0 heterocycles. The monoisotopic (exact) mass is 250 g/mol. The van der Waals surface area contributed by atoms with E-state index in [9.17, 15) is 0 Å². The summed E-state index contributed by atoms with van der Waals surface area (Å²) in [6.07, 6.45) is 1.21. The first-order valence-corrected chi connectivity index (χ1v) is 6.76. The fourth-order valence-electron chi connectivity index (χ4n) is 3.36. The van der Waals surface area contributed by atoms with Crippen molar-refractivity contribution in [1.82, 2.24) is 0 Å². The molecule has 0 unspecified atom stereocenters. The molecule has 1 aliphatic rings. The van der Waals surface area contributed by atoms with Crippen LogP contribution < -0.4 is 0 Å². The third kappa shape index (κ3) is 2.12. The van der Waals surface area contributed by atoms with Crippen LogP contribution in [0.25, 0.3) is 0 Å². The molecule has 0 saturated carbocycles. The van der Waals surface area contributed by atoms with Crippen molar-refractivity contribution >= 4 is 11.6 Å². The average molecular weight is 251 g/mol. The van der Waals surface area contributed by atoms with Crippen molar-refractivity contribution in [1.29, 1.82) is 0 Å². The smallest absolute Gasteiger partial charge is 0.0638 e. The highest BCUT2D eigenvalue weighted by Crippen LogP contribution is 2.50. The Morgan fingerprint density at radius 2 is 1.53 bits per heavy atom. The summed E-state index contributed by atoms with van der Waals surface area (Å²) in [5.41, 5.74) is 4.75. The van der Waals surface area contributed by atoms with Crippen molar-refractivity contribution in [3.05, 3.63) is 34.9 Å². The third-order valence-corrected chi connectivity index (χ3v) is 4.27. The Labute approximate surface area is 110 Å². The van der Waals surface area contributed by atoms with E-state index >= 15 is 0 Å². The number of fused-ring (bicyclic) bond motifs is 1. The lowest BCUT2D eigenvalue weighted by Gasteiger charge is -2.23. The zero-order chi connectivity index (χ0) is 13.1. The molecule has 0 aliphatic heterocycles. The maximum atomic E-state index is 6.42. The maximum Gasteiger partial charge on any atom is 0.0638 e. The van der Waals surface area contributed by atoms with Crippen LogP contribution in [0.4, 0.5) is 0 Å². The number of benzene rings is 1. The van der Waals surface area contributed by atoms with E-state index in [1.165, 1.54) is 23.1 Å². The topological polar surface area (TPSA) is 0 Å². The lowest BCUT2D eigenvalue weighted by Crippen LogP contribution is -2.18. The second-order valence-corrected chi connectivity index (χ2v) is 8.12. The van der Waals surface area contributed by atoms with Crippen LogP contribution in [0.2, 0.25) is 0 Å². The van der Waals surface area contributed by atoms with Gasteiger partial charge in [0, 0.05) is 0 Å². The van der Waals surface area contributed by atoms with E-state index in [0.717, 1.165) is 0 Å². The van der Waals surface area contributed by atoms with Gasteiger partial charge in [-0.25, -0.2) is 0 Å². The van der Waals surface area contributed by atoms with Gasteiger partial charge in [0.2, 0.25) is 0 Å². The molecule has 2 rings (SSSR count). The summed E-state index contributed by atoms with van der Waals surface area (Å²) >= 11 is 6.42. The molecule has 94 valence electrons. The van der Waals surface area contributed by atoms with E-state index in [2.05, 4.69) is 59.7 Å². The second-order valence-electron chi connectivity index (χ2n) is 7.18. The van der Waals surface area contributed by atoms with E-state index in [-0.39, 0.29) is 15.7 Å².